The number of halogens is 1. The number of aliphatic hydroxyl groups is 2. The second-order valence-electron chi connectivity index (χ2n) is 20.3. The molecule has 69 heavy (non-hydrogen) atoms. The van der Waals surface area contributed by atoms with Gasteiger partial charge in [0.1, 0.15) is 0 Å². The summed E-state index contributed by atoms with van der Waals surface area (Å²) in [6.45, 7) is 14.4. The molecule has 0 radical (unpaired) electrons. The van der Waals surface area contributed by atoms with Gasteiger partial charge in [-0.1, -0.05) is 33.1 Å². The largest absolute Gasteiger partial charge is 0.393 e. The number of aliphatic hydroxyl groups excluding tert-OH is 2. The molecule has 1 saturated heterocycles. The lowest BCUT2D eigenvalue weighted by atomic mass is 9.83. The Hall–Kier alpha value is -4.99. The van der Waals surface area contributed by atoms with Crippen molar-refractivity contribution in [1.29, 1.82) is 0 Å². The molecule has 15 nitrogen and oxygen atoms in total. The van der Waals surface area contributed by atoms with Gasteiger partial charge in [0.15, 0.2) is 0 Å². The fourth-order valence-electron chi connectivity index (χ4n) is 10.6. The zero-order chi connectivity index (χ0) is 48.4. The summed E-state index contributed by atoms with van der Waals surface area (Å²) < 4.78 is 4.31. The van der Waals surface area contributed by atoms with E-state index in [1.807, 2.05) is 38.5 Å². The number of nitrogens with one attached hydrogen (secondary N) is 2. The summed E-state index contributed by atoms with van der Waals surface area (Å²) in [7, 11) is 0. The van der Waals surface area contributed by atoms with Crippen molar-refractivity contribution in [2.75, 3.05) is 28.6 Å². The molecule has 0 spiro atoms. The first-order chi connectivity index (χ1) is 33.5. The van der Waals surface area contributed by atoms with Crippen molar-refractivity contribution in [2.24, 2.45) is 0 Å². The van der Waals surface area contributed by atoms with Crippen LogP contribution in [0.3, 0.4) is 0 Å². The third-order valence-electron chi connectivity index (χ3n) is 15.2. The Balaban J connectivity index is 0.000000163. The molecule has 16 heteroatoms. The predicted octanol–water partition coefficient (Wildman–Crippen LogP) is 10.9. The number of aromatic nitrogens is 10. The van der Waals surface area contributed by atoms with Crippen molar-refractivity contribution < 1.29 is 10.2 Å². The van der Waals surface area contributed by atoms with Gasteiger partial charge in [0.2, 0.25) is 23.1 Å². The number of anilines is 3. The normalized spacial score (nSPS) is 22.3. The number of piperidine rings is 1. The molecule has 3 saturated carbocycles. The van der Waals surface area contributed by atoms with Crippen LogP contribution in [-0.2, 0) is 0 Å². The molecular weight excluding hydrogens is 886 g/mol. The van der Waals surface area contributed by atoms with E-state index in [2.05, 4.69) is 94.3 Å². The highest BCUT2D eigenvalue weighted by Gasteiger charge is 2.31. The summed E-state index contributed by atoms with van der Waals surface area (Å²) in [5.41, 5.74) is 9.63. The molecule has 3 aliphatic carbocycles. The third-order valence-corrected chi connectivity index (χ3v) is 15.3. The maximum atomic E-state index is 10.0. The monoisotopic (exact) mass is 962 g/mol. The quantitative estimate of drug-likeness (QED) is 0.0902. The molecule has 0 aromatic carbocycles. The number of nitrogens with zero attached hydrogens (tertiary/aromatic N) is 11. The van der Waals surface area contributed by atoms with Crippen molar-refractivity contribution in [2.45, 2.75) is 199 Å². The minimum Gasteiger partial charge on any atom is -0.393 e. The van der Waals surface area contributed by atoms with E-state index in [-0.39, 0.29) is 12.2 Å². The molecule has 6 aromatic heterocycles. The van der Waals surface area contributed by atoms with Crippen molar-refractivity contribution in [1.82, 2.24) is 49.1 Å². The molecule has 4 N–H and O–H groups in total. The molecule has 0 unspecified atom stereocenters. The van der Waals surface area contributed by atoms with Gasteiger partial charge in [-0.2, -0.15) is 0 Å². The zero-order valence-electron chi connectivity index (χ0n) is 41.9. The topological polar surface area (TPSA) is 180 Å². The van der Waals surface area contributed by atoms with Gasteiger partial charge in [0.05, 0.1) is 35.6 Å². The zero-order valence-corrected chi connectivity index (χ0v) is 42.6. The average Bonchev–Trinajstić information content (AvgIpc) is 3.94. The highest BCUT2D eigenvalue weighted by Crippen LogP contribution is 2.42. The van der Waals surface area contributed by atoms with Crippen LogP contribution in [0.1, 0.15) is 194 Å². The van der Waals surface area contributed by atoms with Gasteiger partial charge in [-0.3, -0.25) is 0 Å². The summed E-state index contributed by atoms with van der Waals surface area (Å²) in [5, 5.41) is 37.0. The Morgan fingerprint density at radius 1 is 0.594 bits per heavy atom. The molecule has 7 heterocycles. The minimum atomic E-state index is -0.160. The van der Waals surface area contributed by atoms with Gasteiger partial charge in [0, 0.05) is 72.2 Å². The molecule has 2 atom stereocenters. The standard InChI is InChI=1S/C26H37N7O.C22H34N4O.C5H5ClN2/c1-4-17(2)29-25-28-16-24-22(15-23(33(24)31-25)20-5-7-21(34)8-6-20)19-10-13-32(14-11-19)26-27-12-9-18(3)30-26;1-3-15(2)24-22-23-14-21-19(16-7-5-4-6-8-16)13-20(26(21)25-22)17-9-11-18(27)12-10-17;1-4-2-3-7-5(6)8-4/h9,12,15-17,19-21,34H,4-8,10-11,13-14H2,1-3H3,(H,29,31);13-18,27H,3-12H2,1-2H3,(H,24,25);2-3H,1H3/t17-,20?,21?;15-,17?,18?;/m00./s1. The van der Waals surface area contributed by atoms with Crippen LogP contribution in [0.25, 0.3) is 11.0 Å². The summed E-state index contributed by atoms with van der Waals surface area (Å²) in [6, 6.07) is 9.25. The van der Waals surface area contributed by atoms with Crippen LogP contribution >= 0.6 is 11.6 Å². The average molecular weight is 963 g/mol. The second-order valence-corrected chi connectivity index (χ2v) is 20.6. The maximum absolute atomic E-state index is 10.0. The van der Waals surface area contributed by atoms with Crippen LogP contribution in [0.5, 0.6) is 0 Å². The Bertz CT molecular complexity index is 2540. The first-order valence-electron chi connectivity index (χ1n) is 26.1. The van der Waals surface area contributed by atoms with Crippen molar-refractivity contribution in [3.8, 4) is 0 Å². The molecular formula is C53H76ClN13O2. The second kappa shape index (κ2) is 23.7. The fraction of sp³-hybridized carbons (Fsp3) is 0.623. The predicted molar refractivity (Wildman–Crippen MR) is 276 cm³/mol. The summed E-state index contributed by atoms with van der Waals surface area (Å²) in [4.78, 5) is 28.2. The first kappa shape index (κ1) is 50.4. The summed E-state index contributed by atoms with van der Waals surface area (Å²) in [6.07, 6.45) is 25.7. The minimum absolute atomic E-state index is 0.123. The van der Waals surface area contributed by atoms with E-state index >= 15 is 0 Å². The number of fused-ring (bicyclic) bond motifs is 2. The molecule has 1 aliphatic heterocycles. The SMILES string of the molecule is CC[C@H](C)Nc1ncc2c(C3CCCCC3)cc(C3CCC(O)CC3)n2n1.CC[C@H](C)Nc1ncc2c(C3CCN(c4nccc(C)n4)CC3)cc(C3CCC(O)CC3)n2n1.Cc1ccnc(Cl)n1. The summed E-state index contributed by atoms with van der Waals surface area (Å²) >= 11 is 5.42. The van der Waals surface area contributed by atoms with Crippen LogP contribution < -0.4 is 15.5 Å². The van der Waals surface area contributed by atoms with Gasteiger partial charge in [-0.05, 0) is 176 Å². The van der Waals surface area contributed by atoms with Crippen LogP contribution in [0.15, 0.2) is 49.1 Å². The van der Waals surface area contributed by atoms with Crippen molar-refractivity contribution >= 4 is 40.5 Å². The lowest BCUT2D eigenvalue weighted by Crippen LogP contribution is -2.34. The fourth-order valence-corrected chi connectivity index (χ4v) is 10.8. The van der Waals surface area contributed by atoms with E-state index in [0.29, 0.717) is 47.0 Å². The Morgan fingerprint density at radius 3 is 1.49 bits per heavy atom. The Labute approximate surface area is 413 Å². The van der Waals surface area contributed by atoms with Crippen molar-refractivity contribution in [3.63, 3.8) is 0 Å². The molecule has 0 bridgehead atoms. The van der Waals surface area contributed by atoms with E-state index in [1.165, 1.54) is 60.1 Å². The van der Waals surface area contributed by atoms with Crippen LogP contribution in [-0.4, -0.2) is 96.7 Å². The van der Waals surface area contributed by atoms with Gasteiger partial charge in [0.25, 0.3) is 0 Å². The molecule has 4 aliphatic rings. The number of aryl methyl sites for hydroxylation is 2. The van der Waals surface area contributed by atoms with E-state index in [1.54, 1.807) is 12.3 Å². The van der Waals surface area contributed by atoms with Gasteiger partial charge >= 0.3 is 0 Å². The number of hydrogen-bond donors (Lipinski definition) is 4. The molecule has 0 amide bonds. The Kier molecular flexibility index (Phi) is 17.3. The number of hydrogen-bond acceptors (Lipinski definition) is 13. The number of rotatable bonds is 11. The van der Waals surface area contributed by atoms with E-state index in [4.69, 9.17) is 21.8 Å². The van der Waals surface area contributed by atoms with Crippen molar-refractivity contribution in [3.05, 3.63) is 88.2 Å². The smallest absolute Gasteiger partial charge is 0.241 e. The maximum Gasteiger partial charge on any atom is 0.241 e. The molecule has 6 aromatic rings. The van der Waals surface area contributed by atoms with E-state index < -0.39 is 0 Å². The summed E-state index contributed by atoms with van der Waals surface area (Å²) in [5.74, 6) is 4.28. The van der Waals surface area contributed by atoms with Crippen LogP contribution in [0.4, 0.5) is 17.8 Å². The van der Waals surface area contributed by atoms with Crippen LogP contribution in [0.2, 0.25) is 5.28 Å². The molecule has 372 valence electrons. The van der Waals surface area contributed by atoms with E-state index in [9.17, 15) is 10.2 Å². The molecule has 4 fully saturated rings. The lowest BCUT2D eigenvalue weighted by molar-refractivity contribution is 0.121. The Morgan fingerprint density at radius 2 is 1.06 bits per heavy atom. The molecule has 10 rings (SSSR count). The van der Waals surface area contributed by atoms with Gasteiger partial charge in [-0.25, -0.2) is 38.9 Å². The van der Waals surface area contributed by atoms with Crippen LogP contribution in [0, 0.1) is 13.8 Å². The highest BCUT2D eigenvalue weighted by atomic mass is 35.5. The highest BCUT2D eigenvalue weighted by molar-refractivity contribution is 6.28. The van der Waals surface area contributed by atoms with E-state index in [0.717, 1.165) is 119 Å². The van der Waals surface area contributed by atoms with Gasteiger partial charge in [-0.15, -0.1) is 10.2 Å². The lowest BCUT2D eigenvalue weighted by Gasteiger charge is -2.32. The first-order valence-corrected chi connectivity index (χ1v) is 26.5. The van der Waals surface area contributed by atoms with Gasteiger partial charge < -0.3 is 25.7 Å². The third kappa shape index (κ3) is 12.9.